The highest BCUT2D eigenvalue weighted by atomic mass is 16.5. The molecule has 1 atom stereocenters. The van der Waals surface area contributed by atoms with Crippen molar-refractivity contribution in [1.82, 2.24) is 5.43 Å². The van der Waals surface area contributed by atoms with Crippen LogP contribution in [-0.2, 0) is 0 Å². The number of methoxy groups -OCH3 is 1. The molecule has 106 valence electrons. The van der Waals surface area contributed by atoms with E-state index in [0.29, 0.717) is 5.92 Å². The van der Waals surface area contributed by atoms with Crippen molar-refractivity contribution in [3.8, 4) is 5.75 Å². The molecule has 1 aliphatic carbocycles. The maximum atomic E-state index is 5.83. The fourth-order valence-electron chi connectivity index (χ4n) is 3.16. The first-order valence-electron chi connectivity index (χ1n) is 7.45. The summed E-state index contributed by atoms with van der Waals surface area (Å²) in [6.07, 6.45) is 9.32. The lowest BCUT2D eigenvalue weighted by Gasteiger charge is -2.28. The molecule has 2 rings (SSSR count). The summed E-state index contributed by atoms with van der Waals surface area (Å²) in [5, 5.41) is 0. The van der Waals surface area contributed by atoms with Crippen LogP contribution < -0.4 is 16.0 Å². The number of hydrogen-bond donors (Lipinski definition) is 2. The zero-order valence-corrected chi connectivity index (χ0v) is 11.9. The highest BCUT2D eigenvalue weighted by Crippen LogP contribution is 2.33. The summed E-state index contributed by atoms with van der Waals surface area (Å²) >= 11 is 0. The summed E-state index contributed by atoms with van der Waals surface area (Å²) < 4.78 is 5.31. The van der Waals surface area contributed by atoms with Gasteiger partial charge in [-0.15, -0.1) is 0 Å². The summed E-state index contributed by atoms with van der Waals surface area (Å²) in [7, 11) is 1.71. The van der Waals surface area contributed by atoms with Gasteiger partial charge in [-0.05, 0) is 36.5 Å². The average Bonchev–Trinajstić information content (AvgIpc) is 2.42. The molecule has 1 aliphatic rings. The summed E-state index contributed by atoms with van der Waals surface area (Å²) in [6.45, 7) is 0. The van der Waals surface area contributed by atoms with E-state index in [1.807, 2.05) is 12.1 Å². The number of rotatable bonds is 4. The number of hydrogen-bond acceptors (Lipinski definition) is 3. The third kappa shape index (κ3) is 3.95. The molecule has 1 fully saturated rings. The van der Waals surface area contributed by atoms with Gasteiger partial charge in [-0.1, -0.05) is 44.2 Å². The van der Waals surface area contributed by atoms with Crippen LogP contribution in [0.15, 0.2) is 24.3 Å². The first-order valence-corrected chi connectivity index (χ1v) is 7.45. The Balaban J connectivity index is 2.12. The minimum absolute atomic E-state index is 0.244. The standard InChI is InChI=1S/C16H26N2O/c1-19-15-11-7-10-14(12-15)16(18-17)13-8-5-3-2-4-6-9-13/h7,10-13,16,18H,2-6,8-9,17H2,1H3. The first kappa shape index (κ1) is 14.4. The van der Waals surface area contributed by atoms with Crippen LogP contribution in [0.1, 0.15) is 56.6 Å². The fourth-order valence-corrected chi connectivity index (χ4v) is 3.16. The molecule has 0 aromatic heterocycles. The Morgan fingerprint density at radius 2 is 1.84 bits per heavy atom. The molecule has 0 heterocycles. The Bertz CT molecular complexity index is 373. The second kappa shape index (κ2) is 7.51. The lowest BCUT2D eigenvalue weighted by molar-refractivity contribution is 0.290. The number of nitrogens with one attached hydrogen (secondary N) is 1. The predicted octanol–water partition coefficient (Wildman–Crippen LogP) is 3.56. The summed E-state index contributed by atoms with van der Waals surface area (Å²) in [5.74, 6) is 7.37. The van der Waals surface area contributed by atoms with Crippen molar-refractivity contribution in [2.24, 2.45) is 11.8 Å². The molecule has 0 spiro atoms. The SMILES string of the molecule is COc1cccc(C(NN)C2CCCCCCC2)c1. The molecule has 3 heteroatoms. The third-order valence-corrected chi connectivity index (χ3v) is 4.25. The van der Waals surface area contributed by atoms with Gasteiger partial charge >= 0.3 is 0 Å². The van der Waals surface area contributed by atoms with E-state index in [-0.39, 0.29) is 6.04 Å². The van der Waals surface area contributed by atoms with E-state index in [1.54, 1.807) is 7.11 Å². The van der Waals surface area contributed by atoms with E-state index in [9.17, 15) is 0 Å². The smallest absolute Gasteiger partial charge is 0.119 e. The van der Waals surface area contributed by atoms with Gasteiger partial charge in [0.25, 0.3) is 0 Å². The zero-order chi connectivity index (χ0) is 13.5. The minimum Gasteiger partial charge on any atom is -0.497 e. The van der Waals surface area contributed by atoms with Crippen molar-refractivity contribution in [1.29, 1.82) is 0 Å². The molecule has 19 heavy (non-hydrogen) atoms. The monoisotopic (exact) mass is 262 g/mol. The lowest BCUT2D eigenvalue weighted by atomic mass is 9.83. The van der Waals surface area contributed by atoms with Crippen LogP contribution in [0, 0.1) is 5.92 Å². The van der Waals surface area contributed by atoms with E-state index in [2.05, 4.69) is 17.6 Å². The van der Waals surface area contributed by atoms with Crippen molar-refractivity contribution in [2.75, 3.05) is 7.11 Å². The Morgan fingerprint density at radius 1 is 1.16 bits per heavy atom. The molecular weight excluding hydrogens is 236 g/mol. The molecule has 0 bridgehead atoms. The molecule has 0 amide bonds. The van der Waals surface area contributed by atoms with E-state index < -0.39 is 0 Å². The van der Waals surface area contributed by atoms with Crippen LogP contribution >= 0.6 is 0 Å². The van der Waals surface area contributed by atoms with Gasteiger partial charge < -0.3 is 4.74 Å². The van der Waals surface area contributed by atoms with E-state index in [0.717, 1.165) is 5.75 Å². The van der Waals surface area contributed by atoms with Gasteiger partial charge in [0.1, 0.15) is 5.75 Å². The van der Waals surface area contributed by atoms with Gasteiger partial charge in [-0.3, -0.25) is 11.3 Å². The molecule has 0 aliphatic heterocycles. The van der Waals surface area contributed by atoms with Crippen molar-refractivity contribution >= 4 is 0 Å². The van der Waals surface area contributed by atoms with Crippen molar-refractivity contribution in [3.05, 3.63) is 29.8 Å². The van der Waals surface area contributed by atoms with Crippen LogP contribution in [0.4, 0.5) is 0 Å². The lowest BCUT2D eigenvalue weighted by Crippen LogP contribution is -2.34. The predicted molar refractivity (Wildman–Crippen MR) is 78.9 cm³/mol. The Kier molecular flexibility index (Phi) is 5.67. The number of ether oxygens (including phenoxy) is 1. The van der Waals surface area contributed by atoms with Crippen molar-refractivity contribution in [3.63, 3.8) is 0 Å². The molecule has 1 saturated carbocycles. The average molecular weight is 262 g/mol. The van der Waals surface area contributed by atoms with Crippen LogP contribution in [0.25, 0.3) is 0 Å². The van der Waals surface area contributed by atoms with Crippen LogP contribution in [-0.4, -0.2) is 7.11 Å². The minimum atomic E-state index is 0.244. The van der Waals surface area contributed by atoms with Gasteiger partial charge in [0.2, 0.25) is 0 Å². The third-order valence-electron chi connectivity index (χ3n) is 4.25. The largest absolute Gasteiger partial charge is 0.497 e. The molecule has 0 radical (unpaired) electrons. The van der Waals surface area contributed by atoms with Crippen LogP contribution in [0.5, 0.6) is 5.75 Å². The molecule has 1 aromatic carbocycles. The van der Waals surface area contributed by atoms with E-state index in [1.165, 1.54) is 50.5 Å². The van der Waals surface area contributed by atoms with Gasteiger partial charge in [0.05, 0.1) is 7.11 Å². The normalized spacial score (nSPS) is 19.5. The Labute approximate surface area is 116 Å². The molecule has 1 unspecified atom stereocenters. The molecule has 3 nitrogen and oxygen atoms in total. The van der Waals surface area contributed by atoms with Crippen molar-refractivity contribution < 1.29 is 4.74 Å². The second-order valence-corrected chi connectivity index (χ2v) is 5.53. The summed E-state index contributed by atoms with van der Waals surface area (Å²) in [6, 6.07) is 8.51. The van der Waals surface area contributed by atoms with Gasteiger partial charge in [0.15, 0.2) is 0 Å². The maximum Gasteiger partial charge on any atom is 0.119 e. The quantitative estimate of drug-likeness (QED) is 0.644. The first-order chi connectivity index (χ1) is 9.35. The van der Waals surface area contributed by atoms with E-state index in [4.69, 9.17) is 10.6 Å². The van der Waals surface area contributed by atoms with Gasteiger partial charge in [0, 0.05) is 6.04 Å². The highest BCUT2D eigenvalue weighted by molar-refractivity contribution is 5.30. The van der Waals surface area contributed by atoms with Gasteiger partial charge in [-0.25, -0.2) is 0 Å². The molecule has 1 aromatic rings. The summed E-state index contributed by atoms with van der Waals surface area (Å²) in [4.78, 5) is 0. The molecule has 3 N–H and O–H groups in total. The Morgan fingerprint density at radius 3 is 2.47 bits per heavy atom. The van der Waals surface area contributed by atoms with Crippen LogP contribution in [0.2, 0.25) is 0 Å². The second-order valence-electron chi connectivity index (χ2n) is 5.53. The fraction of sp³-hybridized carbons (Fsp3) is 0.625. The highest BCUT2D eigenvalue weighted by Gasteiger charge is 2.22. The number of nitrogens with two attached hydrogens (primary N) is 1. The Hall–Kier alpha value is -1.06. The van der Waals surface area contributed by atoms with Crippen molar-refractivity contribution in [2.45, 2.75) is 51.0 Å². The molecular formula is C16H26N2O. The van der Waals surface area contributed by atoms with Gasteiger partial charge in [-0.2, -0.15) is 0 Å². The topological polar surface area (TPSA) is 47.3 Å². The number of benzene rings is 1. The van der Waals surface area contributed by atoms with Crippen LogP contribution in [0.3, 0.4) is 0 Å². The summed E-state index contributed by atoms with van der Waals surface area (Å²) in [5.41, 5.74) is 4.27. The maximum absolute atomic E-state index is 5.83. The number of hydrazine groups is 1. The molecule has 0 saturated heterocycles. The van der Waals surface area contributed by atoms with E-state index >= 15 is 0 Å². The zero-order valence-electron chi connectivity index (χ0n) is 11.9.